The van der Waals surface area contributed by atoms with E-state index in [1.54, 1.807) is 0 Å². The highest BCUT2D eigenvalue weighted by molar-refractivity contribution is 5.92. The van der Waals surface area contributed by atoms with Crippen LogP contribution < -0.4 is 5.32 Å². The second kappa shape index (κ2) is 8.08. The van der Waals surface area contributed by atoms with Gasteiger partial charge in [-0.15, -0.1) is 0 Å². The van der Waals surface area contributed by atoms with Crippen molar-refractivity contribution in [1.82, 2.24) is 9.38 Å². The summed E-state index contributed by atoms with van der Waals surface area (Å²) < 4.78 is 54.3. The number of benzene rings is 1. The third kappa shape index (κ3) is 4.32. The molecule has 0 bridgehead atoms. The van der Waals surface area contributed by atoms with Gasteiger partial charge in [-0.3, -0.25) is 4.79 Å². The lowest BCUT2D eigenvalue weighted by Crippen LogP contribution is -2.18. The van der Waals surface area contributed by atoms with Crippen molar-refractivity contribution in [3.63, 3.8) is 0 Å². The van der Waals surface area contributed by atoms with Crippen LogP contribution in [0, 0.1) is 5.82 Å². The molecule has 8 heteroatoms. The molecule has 0 saturated heterocycles. The lowest BCUT2D eigenvalue weighted by atomic mass is 9.86. The first-order chi connectivity index (χ1) is 14.3. The lowest BCUT2D eigenvalue weighted by molar-refractivity contribution is -0.137. The molecule has 4 nitrogen and oxygen atoms in total. The first-order valence-electron chi connectivity index (χ1n) is 9.95. The van der Waals surface area contributed by atoms with Crippen LogP contribution in [-0.2, 0) is 17.4 Å². The average Bonchev–Trinajstić information content (AvgIpc) is 3.06. The number of hydrogen-bond donors (Lipinski definition) is 1. The van der Waals surface area contributed by atoms with E-state index in [0.717, 1.165) is 44.4 Å². The minimum absolute atomic E-state index is 0.0199. The maximum absolute atomic E-state index is 13.2. The second-order valence-electron chi connectivity index (χ2n) is 7.68. The molecule has 2 heterocycles. The van der Waals surface area contributed by atoms with Gasteiger partial charge in [-0.2, -0.15) is 13.2 Å². The number of alkyl halides is 3. The maximum Gasteiger partial charge on any atom is 0.417 e. The van der Waals surface area contributed by atoms with Crippen LogP contribution in [0.1, 0.15) is 54.8 Å². The molecule has 1 aromatic carbocycles. The van der Waals surface area contributed by atoms with E-state index < -0.39 is 11.7 Å². The Bertz CT molecular complexity index is 1050. The topological polar surface area (TPSA) is 46.4 Å². The van der Waals surface area contributed by atoms with Crippen molar-refractivity contribution in [2.45, 2.75) is 50.6 Å². The Labute approximate surface area is 170 Å². The molecule has 158 valence electrons. The first-order valence-corrected chi connectivity index (χ1v) is 9.95. The molecule has 0 spiro atoms. The molecule has 3 aromatic rings. The van der Waals surface area contributed by atoms with Gasteiger partial charge in [0.1, 0.15) is 11.5 Å². The summed E-state index contributed by atoms with van der Waals surface area (Å²) in [5.74, 6) is -0.413. The Morgan fingerprint density at radius 2 is 1.77 bits per heavy atom. The molecule has 1 fully saturated rings. The summed E-state index contributed by atoms with van der Waals surface area (Å²) in [5.41, 5.74) is 0.855. The molecule has 1 aliphatic rings. The van der Waals surface area contributed by atoms with Crippen molar-refractivity contribution in [1.29, 1.82) is 0 Å². The maximum atomic E-state index is 13.2. The number of rotatable bonds is 4. The predicted octanol–water partition coefficient (Wildman–Crippen LogP) is 5.72. The Hall–Kier alpha value is -2.90. The molecule has 4 rings (SSSR count). The quantitative estimate of drug-likeness (QED) is 0.550. The molecule has 0 radical (unpaired) electrons. The summed E-state index contributed by atoms with van der Waals surface area (Å²) in [6.07, 6.45) is 1.35. The summed E-state index contributed by atoms with van der Waals surface area (Å²) in [6, 6.07) is 7.92. The number of anilines is 1. The van der Waals surface area contributed by atoms with Crippen molar-refractivity contribution >= 4 is 17.4 Å². The smallest absolute Gasteiger partial charge is 0.309 e. The number of amides is 1. The van der Waals surface area contributed by atoms with E-state index in [9.17, 15) is 22.4 Å². The number of pyridine rings is 1. The molecular weight excluding hydrogens is 398 g/mol. The molecule has 1 aliphatic carbocycles. The molecule has 0 atom stereocenters. The van der Waals surface area contributed by atoms with Gasteiger partial charge in [0, 0.05) is 12.1 Å². The van der Waals surface area contributed by atoms with Gasteiger partial charge in [0.25, 0.3) is 0 Å². The number of halogens is 4. The van der Waals surface area contributed by atoms with Crippen LogP contribution in [0.25, 0.3) is 5.65 Å². The van der Waals surface area contributed by atoms with Crippen molar-refractivity contribution in [2.24, 2.45) is 0 Å². The normalized spacial score (nSPS) is 15.5. The van der Waals surface area contributed by atoms with Crippen LogP contribution in [0.4, 0.5) is 23.4 Å². The van der Waals surface area contributed by atoms with Gasteiger partial charge >= 0.3 is 6.18 Å². The lowest BCUT2D eigenvalue weighted by Gasteiger charge is -2.23. The second-order valence-corrected chi connectivity index (χ2v) is 7.68. The van der Waals surface area contributed by atoms with Gasteiger partial charge in [-0.25, -0.2) is 9.37 Å². The van der Waals surface area contributed by atoms with E-state index in [1.165, 1.54) is 34.7 Å². The number of nitrogens with one attached hydrogen (secondary N) is 1. The fraction of sp³-hybridized carbons (Fsp3) is 0.364. The molecule has 1 amide bonds. The van der Waals surface area contributed by atoms with Crippen LogP contribution >= 0.6 is 0 Å². The summed E-state index contributed by atoms with van der Waals surface area (Å²) in [7, 11) is 0. The van der Waals surface area contributed by atoms with E-state index in [2.05, 4.69) is 10.3 Å². The van der Waals surface area contributed by atoms with E-state index in [4.69, 9.17) is 0 Å². The number of aromatic nitrogens is 2. The molecular formula is C22H21F4N3O. The predicted molar refractivity (Wildman–Crippen MR) is 105 cm³/mol. The van der Waals surface area contributed by atoms with Gasteiger partial charge in [0.05, 0.1) is 17.7 Å². The average molecular weight is 419 g/mol. The van der Waals surface area contributed by atoms with Crippen molar-refractivity contribution < 1.29 is 22.4 Å². The zero-order valence-corrected chi connectivity index (χ0v) is 16.2. The number of fused-ring (bicyclic) bond motifs is 1. The zero-order valence-electron chi connectivity index (χ0n) is 16.2. The molecule has 1 saturated carbocycles. The largest absolute Gasteiger partial charge is 0.417 e. The highest BCUT2D eigenvalue weighted by Gasteiger charge is 2.32. The Kier molecular flexibility index (Phi) is 5.49. The molecule has 0 aliphatic heterocycles. The minimum atomic E-state index is -4.46. The van der Waals surface area contributed by atoms with E-state index >= 15 is 0 Å². The van der Waals surface area contributed by atoms with Crippen LogP contribution in [0.2, 0.25) is 0 Å². The fourth-order valence-electron chi connectivity index (χ4n) is 4.05. The van der Waals surface area contributed by atoms with Gasteiger partial charge in [0.15, 0.2) is 5.82 Å². The SMILES string of the molecule is O=C(Cc1ccc(F)cc1)Nc1nc2ccc(C(F)(F)F)cn2c1C1CCCCC1. The zero-order chi connectivity index (χ0) is 21.3. The molecule has 2 aromatic heterocycles. The highest BCUT2D eigenvalue weighted by atomic mass is 19.4. The Morgan fingerprint density at radius 1 is 1.07 bits per heavy atom. The number of imidazole rings is 1. The molecule has 1 N–H and O–H groups in total. The third-order valence-electron chi connectivity index (χ3n) is 5.51. The van der Waals surface area contributed by atoms with Crippen LogP contribution in [0.5, 0.6) is 0 Å². The van der Waals surface area contributed by atoms with Gasteiger partial charge < -0.3 is 9.72 Å². The van der Waals surface area contributed by atoms with Crippen molar-refractivity contribution in [3.05, 3.63) is 65.2 Å². The number of carbonyl (C=O) groups excluding carboxylic acids is 1. The summed E-state index contributed by atoms with van der Waals surface area (Å²) in [4.78, 5) is 17.0. The van der Waals surface area contributed by atoms with Crippen molar-refractivity contribution in [3.8, 4) is 0 Å². The first kappa shape index (κ1) is 20.4. The molecule has 30 heavy (non-hydrogen) atoms. The summed E-state index contributed by atoms with van der Waals surface area (Å²) >= 11 is 0. The number of nitrogens with zero attached hydrogens (tertiary/aromatic N) is 2. The highest BCUT2D eigenvalue weighted by Crippen LogP contribution is 2.38. The minimum Gasteiger partial charge on any atom is -0.309 e. The summed E-state index contributed by atoms with van der Waals surface area (Å²) in [5, 5.41) is 2.77. The molecule has 0 unspecified atom stereocenters. The fourth-order valence-corrected chi connectivity index (χ4v) is 4.05. The number of hydrogen-bond acceptors (Lipinski definition) is 2. The Morgan fingerprint density at radius 3 is 2.43 bits per heavy atom. The standard InChI is InChI=1S/C22H21F4N3O/c23-17-9-6-14(7-10-17)12-19(30)28-21-20(15-4-2-1-3-5-15)29-13-16(22(24,25)26)8-11-18(29)27-21/h6-11,13,15H,1-5,12H2,(H,28,30). The number of carbonyl (C=O) groups is 1. The van der Waals surface area contributed by atoms with Crippen molar-refractivity contribution in [2.75, 3.05) is 5.32 Å². The van der Waals surface area contributed by atoms with Crippen LogP contribution in [0.3, 0.4) is 0 Å². The monoisotopic (exact) mass is 419 g/mol. The van der Waals surface area contributed by atoms with Crippen LogP contribution in [0.15, 0.2) is 42.6 Å². The Balaban J connectivity index is 1.68. The van der Waals surface area contributed by atoms with Gasteiger partial charge in [-0.1, -0.05) is 31.4 Å². The van der Waals surface area contributed by atoms with E-state index in [1.807, 2.05) is 0 Å². The van der Waals surface area contributed by atoms with E-state index in [0.29, 0.717) is 22.7 Å². The summed E-state index contributed by atoms with van der Waals surface area (Å²) in [6.45, 7) is 0. The van der Waals surface area contributed by atoms with Gasteiger partial charge in [-0.05, 0) is 42.7 Å². The van der Waals surface area contributed by atoms with E-state index in [-0.39, 0.29) is 24.1 Å². The van der Waals surface area contributed by atoms with Gasteiger partial charge in [0.2, 0.25) is 5.91 Å². The third-order valence-corrected chi connectivity index (χ3v) is 5.51. The van der Waals surface area contributed by atoms with Crippen LogP contribution in [-0.4, -0.2) is 15.3 Å².